The summed E-state index contributed by atoms with van der Waals surface area (Å²) in [4.78, 5) is 21.3. The maximum Gasteiger partial charge on any atom is 0.315 e. The Bertz CT molecular complexity index is 1330. The van der Waals surface area contributed by atoms with Crippen LogP contribution in [0.5, 0.6) is 0 Å². The van der Waals surface area contributed by atoms with Crippen LogP contribution < -0.4 is 10.6 Å². The molecule has 2 unspecified atom stereocenters. The van der Waals surface area contributed by atoms with E-state index in [-0.39, 0.29) is 23.4 Å². The molecule has 4 aromatic rings. The first-order valence-electron chi connectivity index (χ1n) is 11.7. The molecule has 182 valence electrons. The molecule has 0 saturated carbocycles. The molecular formula is C25H29N7O3. The van der Waals surface area contributed by atoms with Crippen LogP contribution in [0.4, 0.5) is 5.82 Å². The largest absolute Gasteiger partial charge is 0.379 e. The second-order valence-electron chi connectivity index (χ2n) is 9.85. The number of amides is 1. The summed E-state index contributed by atoms with van der Waals surface area (Å²) in [5.41, 5.74) is 3.43. The normalized spacial score (nSPS) is 17.0. The molecule has 0 spiro atoms. The molecule has 0 radical (unpaired) electrons. The van der Waals surface area contributed by atoms with Crippen LogP contribution in [-0.4, -0.2) is 50.5 Å². The molecule has 35 heavy (non-hydrogen) atoms. The lowest BCUT2D eigenvalue weighted by Gasteiger charge is -2.14. The van der Waals surface area contributed by atoms with Gasteiger partial charge in [0.25, 0.3) is 0 Å². The number of nitrogens with one attached hydrogen (secondary N) is 3. The van der Waals surface area contributed by atoms with E-state index >= 15 is 0 Å². The summed E-state index contributed by atoms with van der Waals surface area (Å²) >= 11 is 0. The smallest absolute Gasteiger partial charge is 0.315 e. The van der Waals surface area contributed by atoms with Crippen LogP contribution in [0, 0.1) is 0 Å². The number of carbonyl (C=O) groups excluding carboxylic acids is 1. The van der Waals surface area contributed by atoms with Crippen LogP contribution in [0.2, 0.25) is 0 Å². The van der Waals surface area contributed by atoms with E-state index in [4.69, 9.17) is 9.26 Å². The summed E-state index contributed by atoms with van der Waals surface area (Å²) in [6, 6.07) is 10.0. The number of aromatic amines is 1. The Morgan fingerprint density at radius 1 is 1.20 bits per heavy atom. The number of carbonyl (C=O) groups is 1. The summed E-state index contributed by atoms with van der Waals surface area (Å²) < 4.78 is 10.6. The van der Waals surface area contributed by atoms with Gasteiger partial charge in [0.1, 0.15) is 0 Å². The molecule has 4 heterocycles. The highest BCUT2D eigenvalue weighted by molar-refractivity contribution is 6.00. The lowest BCUT2D eigenvalue weighted by Crippen LogP contribution is -2.27. The Morgan fingerprint density at radius 3 is 2.69 bits per heavy atom. The van der Waals surface area contributed by atoms with Crippen LogP contribution in [0.15, 0.2) is 41.1 Å². The van der Waals surface area contributed by atoms with E-state index in [9.17, 15) is 4.79 Å². The highest BCUT2D eigenvalue weighted by Gasteiger charge is 2.25. The third-order valence-electron chi connectivity index (χ3n) is 6.09. The summed E-state index contributed by atoms with van der Waals surface area (Å²) in [7, 11) is 0. The average molecular weight is 476 g/mol. The van der Waals surface area contributed by atoms with E-state index in [1.54, 1.807) is 6.20 Å². The van der Waals surface area contributed by atoms with Gasteiger partial charge < -0.3 is 19.9 Å². The number of pyridine rings is 1. The fourth-order valence-corrected chi connectivity index (χ4v) is 4.05. The fourth-order valence-electron chi connectivity index (χ4n) is 4.05. The maximum atomic E-state index is 12.6. The second kappa shape index (κ2) is 9.10. The Kier molecular flexibility index (Phi) is 5.98. The van der Waals surface area contributed by atoms with Crippen molar-refractivity contribution in [3.63, 3.8) is 0 Å². The number of benzene rings is 1. The van der Waals surface area contributed by atoms with Crippen molar-refractivity contribution in [1.29, 1.82) is 0 Å². The van der Waals surface area contributed by atoms with Crippen LogP contribution in [0.3, 0.4) is 0 Å². The van der Waals surface area contributed by atoms with E-state index in [2.05, 4.69) is 36.0 Å². The zero-order valence-corrected chi connectivity index (χ0v) is 20.3. The maximum absolute atomic E-state index is 12.6. The van der Waals surface area contributed by atoms with Crippen molar-refractivity contribution in [2.45, 2.75) is 51.6 Å². The van der Waals surface area contributed by atoms with Gasteiger partial charge in [0.15, 0.2) is 17.3 Å². The standard InChI is InChI=1S/C25H29N7O3/c1-14(27-22(33)23-29-24(32-35-23)25(2,3)4)15-5-7-16(8-6-15)18-9-11-26-20-19(18)21(31-30-20)28-17-10-12-34-13-17/h5-9,11,14,17H,10,12-13H2,1-4H3,(H,27,33)(H2,26,28,30,31). The minimum Gasteiger partial charge on any atom is -0.379 e. The number of H-pyrrole nitrogens is 1. The van der Waals surface area contributed by atoms with Crippen molar-refractivity contribution in [3.05, 3.63) is 53.8 Å². The minimum atomic E-state index is -0.398. The minimum absolute atomic E-state index is 0.0368. The van der Waals surface area contributed by atoms with Gasteiger partial charge in [0, 0.05) is 18.2 Å². The van der Waals surface area contributed by atoms with E-state index in [1.807, 2.05) is 58.0 Å². The monoisotopic (exact) mass is 475 g/mol. The van der Waals surface area contributed by atoms with Crippen LogP contribution in [0.1, 0.15) is 62.2 Å². The number of rotatable bonds is 6. The second-order valence-corrected chi connectivity index (χ2v) is 9.85. The number of hydrogen-bond donors (Lipinski definition) is 3. The molecule has 1 fully saturated rings. The van der Waals surface area contributed by atoms with Gasteiger partial charge in [0.05, 0.1) is 24.1 Å². The highest BCUT2D eigenvalue weighted by Crippen LogP contribution is 2.33. The number of anilines is 1. The molecule has 1 aromatic carbocycles. The van der Waals surface area contributed by atoms with E-state index in [0.717, 1.165) is 46.6 Å². The molecule has 2 atom stereocenters. The lowest BCUT2D eigenvalue weighted by atomic mass is 9.96. The molecule has 10 heteroatoms. The van der Waals surface area contributed by atoms with Gasteiger partial charge in [0.2, 0.25) is 0 Å². The molecule has 5 rings (SSSR count). The van der Waals surface area contributed by atoms with Crippen molar-refractivity contribution in [2.75, 3.05) is 18.5 Å². The van der Waals surface area contributed by atoms with E-state index in [0.29, 0.717) is 12.4 Å². The molecule has 1 aliphatic heterocycles. The Labute approximate surface area is 202 Å². The molecular weight excluding hydrogens is 446 g/mol. The van der Waals surface area contributed by atoms with Crippen molar-refractivity contribution < 1.29 is 14.1 Å². The topological polar surface area (TPSA) is 131 Å². The fraction of sp³-hybridized carbons (Fsp3) is 0.400. The Hall–Kier alpha value is -3.79. The molecule has 1 saturated heterocycles. The predicted molar refractivity (Wildman–Crippen MR) is 131 cm³/mol. The van der Waals surface area contributed by atoms with Gasteiger partial charge in [-0.2, -0.15) is 10.1 Å². The lowest BCUT2D eigenvalue weighted by molar-refractivity contribution is 0.0895. The quantitative estimate of drug-likeness (QED) is 0.381. The van der Waals surface area contributed by atoms with Crippen molar-refractivity contribution in [2.24, 2.45) is 0 Å². The van der Waals surface area contributed by atoms with E-state index in [1.165, 1.54) is 0 Å². The van der Waals surface area contributed by atoms with Gasteiger partial charge in [-0.1, -0.05) is 50.2 Å². The molecule has 0 bridgehead atoms. The van der Waals surface area contributed by atoms with Gasteiger partial charge in [-0.05, 0) is 36.1 Å². The van der Waals surface area contributed by atoms with Gasteiger partial charge in [-0.25, -0.2) is 4.98 Å². The summed E-state index contributed by atoms with van der Waals surface area (Å²) in [6.07, 6.45) is 2.72. The summed E-state index contributed by atoms with van der Waals surface area (Å²) in [6.45, 7) is 9.24. The van der Waals surface area contributed by atoms with Crippen molar-refractivity contribution in [3.8, 4) is 11.1 Å². The average Bonchev–Trinajstić information content (AvgIpc) is 3.60. The Balaban J connectivity index is 1.33. The first-order chi connectivity index (χ1) is 16.8. The van der Waals surface area contributed by atoms with Crippen LogP contribution >= 0.6 is 0 Å². The zero-order chi connectivity index (χ0) is 24.6. The number of ether oxygens (including phenoxy) is 1. The highest BCUT2D eigenvalue weighted by atomic mass is 16.5. The third-order valence-corrected chi connectivity index (χ3v) is 6.09. The third kappa shape index (κ3) is 4.74. The molecule has 10 nitrogen and oxygen atoms in total. The van der Waals surface area contributed by atoms with Gasteiger partial charge in [-0.15, -0.1) is 0 Å². The number of aromatic nitrogens is 5. The van der Waals surface area contributed by atoms with Crippen molar-refractivity contribution in [1.82, 2.24) is 30.6 Å². The van der Waals surface area contributed by atoms with Gasteiger partial charge in [-0.3, -0.25) is 9.89 Å². The Morgan fingerprint density at radius 2 is 2.00 bits per heavy atom. The number of hydrogen-bond acceptors (Lipinski definition) is 8. The zero-order valence-electron chi connectivity index (χ0n) is 20.3. The predicted octanol–water partition coefficient (Wildman–Crippen LogP) is 4.00. The van der Waals surface area contributed by atoms with Crippen LogP contribution in [-0.2, 0) is 10.2 Å². The van der Waals surface area contributed by atoms with Crippen molar-refractivity contribution >= 4 is 22.8 Å². The number of fused-ring (bicyclic) bond motifs is 1. The molecule has 0 aliphatic carbocycles. The summed E-state index contributed by atoms with van der Waals surface area (Å²) in [5, 5.41) is 18.7. The SMILES string of the molecule is CC(NC(=O)c1nc(C(C)(C)C)no1)c1ccc(-c2ccnc3[nH]nc(NC4CCOC4)c23)cc1. The van der Waals surface area contributed by atoms with E-state index < -0.39 is 5.91 Å². The molecule has 3 N–H and O–H groups in total. The van der Waals surface area contributed by atoms with Crippen LogP contribution in [0.25, 0.3) is 22.2 Å². The molecule has 3 aromatic heterocycles. The first kappa shape index (κ1) is 23.0. The summed E-state index contributed by atoms with van der Waals surface area (Å²) in [5.74, 6) is 0.838. The molecule has 1 amide bonds. The number of nitrogens with zero attached hydrogens (tertiary/aromatic N) is 4. The first-order valence-corrected chi connectivity index (χ1v) is 11.7. The van der Waals surface area contributed by atoms with Gasteiger partial charge >= 0.3 is 11.8 Å². The molecule has 1 aliphatic rings.